The van der Waals surface area contributed by atoms with E-state index in [4.69, 9.17) is 58.3 Å². The van der Waals surface area contributed by atoms with Crippen LogP contribution in [0.15, 0.2) is 0 Å². The van der Waals surface area contributed by atoms with Crippen LogP contribution in [0.2, 0.25) is 0 Å². The predicted molar refractivity (Wildman–Crippen MR) is 365 cm³/mol. The van der Waals surface area contributed by atoms with Gasteiger partial charge in [0.15, 0.2) is 0 Å². The molecule has 0 aromatic heterocycles. The molecule has 15 nitrogen and oxygen atoms in total. The molecule has 0 rings (SSSR count). The van der Waals surface area contributed by atoms with E-state index in [0.717, 1.165) is 19.3 Å². The van der Waals surface area contributed by atoms with E-state index in [1.807, 2.05) is 20.8 Å². The summed E-state index contributed by atoms with van der Waals surface area (Å²) in [5, 5.41) is 0. The van der Waals surface area contributed by atoms with Crippen LogP contribution in [-0.4, -0.2) is 81.8 Å². The average molecular weight is 1320 g/mol. The van der Waals surface area contributed by atoms with Gasteiger partial charge in [-0.25, -0.2) is 0 Å². The molecule has 0 aliphatic heterocycles. The predicted octanol–water partition coefficient (Wildman–Crippen LogP) is 19.2. The van der Waals surface area contributed by atoms with Crippen LogP contribution in [0.1, 0.15) is 369 Å². The van der Waals surface area contributed by atoms with E-state index in [0.29, 0.717) is 39.1 Å². The maximum atomic E-state index is 10.9. The summed E-state index contributed by atoms with van der Waals surface area (Å²) in [6, 6.07) is 0. The second-order valence-corrected chi connectivity index (χ2v) is 29.7. The summed E-state index contributed by atoms with van der Waals surface area (Å²) in [7, 11) is 0. The highest BCUT2D eigenvalue weighted by Gasteiger charge is 2.02. The molecule has 510 valence electrons. The van der Waals surface area contributed by atoms with Crippen molar-refractivity contribution in [3.8, 4) is 0 Å². The molecule has 0 aliphatic carbocycles. The topological polar surface area (TPSA) is 261 Å². The molecular formula is C63H135O15P3S3. The van der Waals surface area contributed by atoms with Crippen LogP contribution in [0, 0.1) is 0 Å². The smallest absolute Gasteiger partial charge is 0.319 e. The van der Waals surface area contributed by atoms with E-state index in [1.54, 1.807) is 0 Å². The van der Waals surface area contributed by atoms with Gasteiger partial charge in [-0.15, -0.1) is 0 Å². The third-order valence-corrected chi connectivity index (χ3v) is 13.6. The molecule has 0 aliphatic rings. The lowest BCUT2D eigenvalue weighted by Gasteiger charge is -2.04. The summed E-state index contributed by atoms with van der Waals surface area (Å²) in [5.41, 5.74) is 0. The highest BCUT2D eigenvalue weighted by molar-refractivity contribution is 8.06. The fourth-order valence-electron chi connectivity index (χ4n) is 8.81. The van der Waals surface area contributed by atoms with Gasteiger partial charge in [0.25, 0.3) is 0 Å². The zero-order valence-electron chi connectivity index (χ0n) is 54.7. The minimum atomic E-state index is -3.81. The van der Waals surface area contributed by atoms with Gasteiger partial charge in [-0.3, -0.25) is 14.4 Å². The summed E-state index contributed by atoms with van der Waals surface area (Å²) < 4.78 is 15.2. The van der Waals surface area contributed by atoms with Crippen molar-refractivity contribution in [2.75, 3.05) is 19.8 Å². The first-order chi connectivity index (χ1) is 39.9. The standard InChI is InChI=1S/3C21H42O2.3H3O3PS/c3*1-3-5-6-7-8-9-10-11-12-13-14-15-16-17-18-19-20-23-21(22)4-2;3*1-4(2,3)5/h3*3-20H2,1-2H3;3*(H3,1,2,3,5). The molecular weight excluding hydrogens is 1190 g/mol. The second kappa shape index (κ2) is 79.1. The average Bonchev–Trinajstić information content (AvgIpc) is 3.42. The number of unbranched alkanes of at least 4 members (excludes halogenated alkanes) is 45. The van der Waals surface area contributed by atoms with Gasteiger partial charge < -0.3 is 58.3 Å². The molecule has 0 saturated heterocycles. The molecule has 0 fully saturated rings. The quantitative estimate of drug-likeness (QED) is 0.0119. The van der Waals surface area contributed by atoms with Crippen molar-refractivity contribution in [3.63, 3.8) is 0 Å². The van der Waals surface area contributed by atoms with E-state index in [9.17, 15) is 14.4 Å². The molecule has 0 aromatic rings. The number of hydrogen-bond acceptors (Lipinski definition) is 9. The summed E-state index contributed by atoms with van der Waals surface area (Å²) in [5.74, 6) is -0.192. The van der Waals surface area contributed by atoms with Gasteiger partial charge in [-0.1, -0.05) is 330 Å². The molecule has 0 amide bonds. The Labute approximate surface area is 532 Å². The SMILES string of the molecule is CCCCCCCCCCCCCCCCCCOC(=O)CC.CCCCCCCCCCCCCCCCCCOC(=O)CC.CCCCCCCCCCCCCCCCCCOC(=O)CC.OP(O)(O)=S.OP(O)(O)=S.OP(O)(O)=S. The minimum absolute atomic E-state index is 0.0639. The molecule has 0 aromatic carbocycles. The molecule has 0 atom stereocenters. The van der Waals surface area contributed by atoms with E-state index in [-0.39, 0.29) is 17.9 Å². The fraction of sp³-hybridized carbons (Fsp3) is 0.952. The summed E-state index contributed by atoms with van der Waals surface area (Å²) in [4.78, 5) is 101. The van der Waals surface area contributed by atoms with Gasteiger partial charge in [0.05, 0.1) is 19.8 Å². The van der Waals surface area contributed by atoms with Gasteiger partial charge in [0.2, 0.25) is 0 Å². The van der Waals surface area contributed by atoms with E-state index in [1.165, 1.54) is 289 Å². The van der Waals surface area contributed by atoms with Crippen LogP contribution in [0.3, 0.4) is 0 Å². The highest BCUT2D eigenvalue weighted by Crippen LogP contribution is 2.27. The van der Waals surface area contributed by atoms with Crippen LogP contribution >= 0.6 is 20.2 Å². The summed E-state index contributed by atoms with van der Waals surface area (Å²) in [6.07, 6.45) is 67.4. The highest BCUT2D eigenvalue weighted by atomic mass is 32.5. The molecule has 0 unspecified atom stereocenters. The largest absolute Gasteiger partial charge is 0.466 e. The lowest BCUT2D eigenvalue weighted by molar-refractivity contribution is -0.144. The summed E-state index contributed by atoms with van der Waals surface area (Å²) in [6.45, 7) is 2.81. The third kappa shape index (κ3) is 136. The van der Waals surface area contributed by atoms with Crippen LogP contribution < -0.4 is 0 Å². The Hall–Kier alpha value is -0.000000000000000527. The van der Waals surface area contributed by atoms with Crippen molar-refractivity contribution in [2.45, 2.75) is 369 Å². The Balaban J connectivity index is -0.000000241. The van der Waals surface area contributed by atoms with Gasteiger partial charge in [0, 0.05) is 19.3 Å². The van der Waals surface area contributed by atoms with E-state index < -0.39 is 20.2 Å². The molecule has 84 heavy (non-hydrogen) atoms. The van der Waals surface area contributed by atoms with Crippen LogP contribution in [-0.2, 0) is 64.0 Å². The normalized spacial score (nSPS) is 11.0. The Bertz CT molecular complexity index is 1260. The van der Waals surface area contributed by atoms with E-state index in [2.05, 4.69) is 56.2 Å². The minimum Gasteiger partial charge on any atom is -0.466 e. The fourth-order valence-corrected chi connectivity index (χ4v) is 8.81. The van der Waals surface area contributed by atoms with Gasteiger partial charge in [-0.05, 0) is 54.7 Å². The number of ether oxygens (including phenoxy) is 3. The first-order valence-electron chi connectivity index (χ1n) is 33.7. The molecule has 21 heteroatoms. The lowest BCUT2D eigenvalue weighted by atomic mass is 10.0. The molecule has 0 spiro atoms. The van der Waals surface area contributed by atoms with Crippen LogP contribution in [0.5, 0.6) is 0 Å². The van der Waals surface area contributed by atoms with E-state index >= 15 is 0 Å². The number of rotatable bonds is 54. The van der Waals surface area contributed by atoms with Gasteiger partial charge in [0.1, 0.15) is 0 Å². The van der Waals surface area contributed by atoms with Crippen molar-refractivity contribution < 1.29 is 72.6 Å². The van der Waals surface area contributed by atoms with Crippen molar-refractivity contribution >= 4 is 73.5 Å². The number of carbonyl (C=O) groups excluding carboxylic acids is 3. The number of esters is 3. The van der Waals surface area contributed by atoms with Gasteiger partial charge in [-0.2, -0.15) is 0 Å². The van der Waals surface area contributed by atoms with Crippen molar-refractivity contribution in [1.82, 2.24) is 0 Å². The Morgan fingerprint density at radius 3 is 0.417 bits per heavy atom. The second-order valence-electron chi connectivity index (χ2n) is 22.2. The Kier molecular flexibility index (Phi) is 89.6. The Morgan fingerprint density at radius 2 is 0.321 bits per heavy atom. The third-order valence-electron chi connectivity index (χ3n) is 13.6. The zero-order chi connectivity index (χ0) is 64.5. The van der Waals surface area contributed by atoms with Crippen molar-refractivity contribution in [2.24, 2.45) is 0 Å². The van der Waals surface area contributed by atoms with Crippen molar-refractivity contribution in [3.05, 3.63) is 0 Å². The first kappa shape index (κ1) is 95.1. The first-order valence-corrected chi connectivity index (χ1v) is 41.7. The monoisotopic (exact) mass is 1320 g/mol. The summed E-state index contributed by atoms with van der Waals surface area (Å²) >= 11 is 10.8. The Morgan fingerprint density at radius 1 is 0.226 bits per heavy atom. The molecule has 0 heterocycles. The maximum Gasteiger partial charge on any atom is 0.319 e. The lowest BCUT2D eigenvalue weighted by Crippen LogP contribution is -2.03. The maximum absolute atomic E-state index is 10.9. The number of carbonyl (C=O) groups is 3. The molecule has 0 radical (unpaired) electrons. The van der Waals surface area contributed by atoms with Crippen molar-refractivity contribution in [1.29, 1.82) is 0 Å². The molecule has 0 saturated carbocycles. The molecule has 0 bridgehead atoms. The number of hydrogen-bond donors (Lipinski definition) is 9. The van der Waals surface area contributed by atoms with Crippen LogP contribution in [0.4, 0.5) is 0 Å². The van der Waals surface area contributed by atoms with Gasteiger partial charge >= 0.3 is 38.1 Å². The van der Waals surface area contributed by atoms with Crippen LogP contribution in [0.25, 0.3) is 0 Å². The molecule has 9 N–H and O–H groups in total. The zero-order valence-corrected chi connectivity index (χ0v) is 59.9.